The second-order valence-corrected chi connectivity index (χ2v) is 6.69. The van der Waals surface area contributed by atoms with E-state index in [1.54, 1.807) is 0 Å². The van der Waals surface area contributed by atoms with Crippen molar-refractivity contribution >= 4 is 10.8 Å². The van der Waals surface area contributed by atoms with E-state index >= 15 is 0 Å². The Morgan fingerprint density at radius 3 is 2.79 bits per heavy atom. The molecule has 0 heterocycles. The van der Waals surface area contributed by atoms with Crippen molar-refractivity contribution in [2.24, 2.45) is 0 Å². The molecule has 106 valence electrons. The Kier molecular flexibility index (Phi) is 5.05. The Hall–Kier alpha value is -0.810. The van der Waals surface area contributed by atoms with Crippen LogP contribution in [0.15, 0.2) is 23.1 Å². The highest BCUT2D eigenvalue weighted by molar-refractivity contribution is 7.85. The SMILES string of the molecule is CCCNC1CCC(S(=O)c2ccc(F)c(F)c2)C1. The smallest absolute Gasteiger partial charge is 0.160 e. The Morgan fingerprint density at radius 2 is 2.11 bits per heavy atom. The fourth-order valence-corrected chi connectivity index (χ4v) is 4.03. The maximum Gasteiger partial charge on any atom is 0.160 e. The standard InChI is InChI=1S/C14H19F2NOS/c1-2-7-17-10-3-4-11(8-10)19(18)12-5-6-13(15)14(16)9-12/h5-6,9-11,17H,2-4,7-8H2,1H3. The average Bonchev–Trinajstić information content (AvgIpc) is 2.87. The Balaban J connectivity index is 1.99. The molecule has 2 rings (SSSR count). The quantitative estimate of drug-likeness (QED) is 0.902. The van der Waals surface area contributed by atoms with Gasteiger partial charge in [-0.3, -0.25) is 4.21 Å². The molecule has 19 heavy (non-hydrogen) atoms. The Morgan fingerprint density at radius 1 is 1.32 bits per heavy atom. The fraction of sp³-hybridized carbons (Fsp3) is 0.571. The van der Waals surface area contributed by atoms with Gasteiger partial charge < -0.3 is 5.32 Å². The molecule has 1 fully saturated rings. The molecule has 1 aromatic carbocycles. The number of hydrogen-bond donors (Lipinski definition) is 1. The first kappa shape index (κ1) is 14.6. The lowest BCUT2D eigenvalue weighted by Crippen LogP contribution is -2.28. The van der Waals surface area contributed by atoms with Crippen LogP contribution in [0.4, 0.5) is 8.78 Å². The fourth-order valence-electron chi connectivity index (χ4n) is 2.46. The van der Waals surface area contributed by atoms with Crippen LogP contribution in [0.1, 0.15) is 32.6 Å². The van der Waals surface area contributed by atoms with Crippen LogP contribution in [0.2, 0.25) is 0 Å². The number of benzene rings is 1. The van der Waals surface area contributed by atoms with Gasteiger partial charge in [-0.15, -0.1) is 0 Å². The summed E-state index contributed by atoms with van der Waals surface area (Å²) in [5.41, 5.74) is 0. The first-order valence-electron chi connectivity index (χ1n) is 6.70. The van der Waals surface area contributed by atoms with E-state index in [9.17, 15) is 13.0 Å². The van der Waals surface area contributed by atoms with Crippen LogP contribution in [-0.4, -0.2) is 22.0 Å². The van der Waals surface area contributed by atoms with Gasteiger partial charge in [-0.05, 0) is 50.4 Å². The van der Waals surface area contributed by atoms with Gasteiger partial charge in [0.25, 0.3) is 0 Å². The molecule has 0 bridgehead atoms. The zero-order valence-electron chi connectivity index (χ0n) is 11.0. The summed E-state index contributed by atoms with van der Waals surface area (Å²) in [5.74, 6) is -1.82. The van der Waals surface area contributed by atoms with Crippen molar-refractivity contribution in [3.05, 3.63) is 29.8 Å². The van der Waals surface area contributed by atoms with E-state index in [1.807, 2.05) is 0 Å². The van der Waals surface area contributed by atoms with Gasteiger partial charge in [0.1, 0.15) is 0 Å². The van der Waals surface area contributed by atoms with Crippen molar-refractivity contribution in [2.45, 2.75) is 48.8 Å². The maximum atomic E-state index is 13.1. The molecule has 0 aliphatic heterocycles. The van der Waals surface area contributed by atoms with Crippen molar-refractivity contribution in [1.29, 1.82) is 0 Å². The minimum absolute atomic E-state index is 0.0409. The van der Waals surface area contributed by atoms with E-state index in [2.05, 4.69) is 12.2 Å². The lowest BCUT2D eigenvalue weighted by molar-refractivity contribution is 0.505. The minimum atomic E-state index is -1.25. The molecule has 1 saturated carbocycles. The summed E-state index contributed by atoms with van der Waals surface area (Å²) in [5, 5.41) is 3.46. The largest absolute Gasteiger partial charge is 0.314 e. The summed E-state index contributed by atoms with van der Waals surface area (Å²) in [6.45, 7) is 3.08. The first-order chi connectivity index (χ1) is 9.11. The van der Waals surface area contributed by atoms with Crippen LogP contribution in [0.25, 0.3) is 0 Å². The number of halogens is 2. The van der Waals surface area contributed by atoms with Crippen molar-refractivity contribution in [2.75, 3.05) is 6.54 Å². The molecule has 2 nitrogen and oxygen atoms in total. The van der Waals surface area contributed by atoms with Gasteiger partial charge in [0.2, 0.25) is 0 Å². The highest BCUT2D eigenvalue weighted by Gasteiger charge is 2.29. The number of rotatable bonds is 5. The summed E-state index contributed by atoms with van der Waals surface area (Å²) in [7, 11) is -1.25. The lowest BCUT2D eigenvalue weighted by Gasteiger charge is -2.12. The molecule has 0 spiro atoms. The second-order valence-electron chi connectivity index (χ2n) is 4.96. The summed E-state index contributed by atoms with van der Waals surface area (Å²) < 4.78 is 38.3. The van der Waals surface area contributed by atoms with Gasteiger partial charge in [0.05, 0.1) is 10.8 Å². The highest BCUT2D eigenvalue weighted by atomic mass is 32.2. The molecule has 1 aliphatic rings. The zero-order chi connectivity index (χ0) is 13.8. The van der Waals surface area contributed by atoms with Gasteiger partial charge in [-0.2, -0.15) is 0 Å². The van der Waals surface area contributed by atoms with E-state index in [4.69, 9.17) is 0 Å². The van der Waals surface area contributed by atoms with Crippen LogP contribution >= 0.6 is 0 Å². The van der Waals surface area contributed by atoms with E-state index in [0.29, 0.717) is 10.9 Å². The van der Waals surface area contributed by atoms with E-state index < -0.39 is 22.4 Å². The molecule has 1 aliphatic carbocycles. The van der Waals surface area contributed by atoms with Crippen molar-refractivity contribution in [1.82, 2.24) is 5.32 Å². The molecule has 0 amide bonds. The summed E-state index contributed by atoms with van der Waals surface area (Å²) in [4.78, 5) is 0.389. The Labute approximate surface area is 115 Å². The molecule has 1 aromatic rings. The summed E-state index contributed by atoms with van der Waals surface area (Å²) in [6, 6.07) is 3.92. The van der Waals surface area contributed by atoms with Crippen LogP contribution in [0.3, 0.4) is 0 Å². The average molecular weight is 287 g/mol. The zero-order valence-corrected chi connectivity index (χ0v) is 11.8. The van der Waals surface area contributed by atoms with Crippen molar-refractivity contribution in [3.8, 4) is 0 Å². The third kappa shape index (κ3) is 3.60. The highest BCUT2D eigenvalue weighted by Crippen LogP contribution is 2.27. The van der Waals surface area contributed by atoms with Gasteiger partial charge in [0, 0.05) is 16.2 Å². The summed E-state index contributed by atoms with van der Waals surface area (Å²) >= 11 is 0. The van der Waals surface area contributed by atoms with Gasteiger partial charge >= 0.3 is 0 Å². The van der Waals surface area contributed by atoms with Crippen LogP contribution in [0.5, 0.6) is 0 Å². The molecule has 3 atom stereocenters. The number of hydrogen-bond acceptors (Lipinski definition) is 2. The third-order valence-electron chi connectivity index (χ3n) is 3.49. The van der Waals surface area contributed by atoms with E-state index in [0.717, 1.165) is 44.4 Å². The molecule has 0 radical (unpaired) electrons. The van der Waals surface area contributed by atoms with Crippen molar-refractivity contribution in [3.63, 3.8) is 0 Å². The maximum absolute atomic E-state index is 13.1. The van der Waals surface area contributed by atoms with Gasteiger partial charge in [-0.1, -0.05) is 6.92 Å². The van der Waals surface area contributed by atoms with Crippen molar-refractivity contribution < 1.29 is 13.0 Å². The molecule has 0 saturated heterocycles. The molecular weight excluding hydrogens is 268 g/mol. The summed E-state index contributed by atoms with van der Waals surface area (Å²) in [6.07, 6.45) is 3.78. The predicted molar refractivity (Wildman–Crippen MR) is 72.5 cm³/mol. The molecular formula is C14H19F2NOS. The van der Waals surface area contributed by atoms with E-state index in [1.165, 1.54) is 6.07 Å². The van der Waals surface area contributed by atoms with Gasteiger partial charge in [-0.25, -0.2) is 8.78 Å². The Bertz CT molecular complexity index is 467. The predicted octanol–water partition coefficient (Wildman–Crippen LogP) is 2.99. The molecule has 5 heteroatoms. The lowest BCUT2D eigenvalue weighted by atomic mass is 10.2. The van der Waals surface area contributed by atoms with Crippen LogP contribution in [0, 0.1) is 11.6 Å². The number of nitrogens with one attached hydrogen (secondary N) is 1. The topological polar surface area (TPSA) is 29.1 Å². The van der Waals surface area contributed by atoms with Crippen LogP contribution < -0.4 is 5.32 Å². The normalized spacial score (nSPS) is 24.6. The monoisotopic (exact) mass is 287 g/mol. The van der Waals surface area contributed by atoms with Gasteiger partial charge in [0.15, 0.2) is 11.6 Å². The van der Waals surface area contributed by atoms with Crippen LogP contribution in [-0.2, 0) is 10.8 Å². The van der Waals surface area contributed by atoms with E-state index in [-0.39, 0.29) is 5.25 Å². The molecule has 3 unspecified atom stereocenters. The minimum Gasteiger partial charge on any atom is -0.314 e. The third-order valence-corrected chi connectivity index (χ3v) is 5.25. The molecule has 0 aromatic heterocycles. The molecule has 1 N–H and O–H groups in total. The second kappa shape index (κ2) is 6.57. The first-order valence-corrected chi connectivity index (χ1v) is 7.92.